The lowest BCUT2D eigenvalue weighted by Gasteiger charge is -2.34. The second-order valence-corrected chi connectivity index (χ2v) is 6.32. The van der Waals surface area contributed by atoms with Gasteiger partial charge in [-0.2, -0.15) is 0 Å². The van der Waals surface area contributed by atoms with Crippen LogP contribution in [0.3, 0.4) is 0 Å². The van der Waals surface area contributed by atoms with Crippen LogP contribution in [-0.4, -0.2) is 59.0 Å². The predicted molar refractivity (Wildman–Crippen MR) is 94.1 cm³/mol. The zero-order valence-electron chi connectivity index (χ0n) is 15.4. The molecule has 0 aromatic heterocycles. The average molecular weight is 324 g/mol. The van der Waals surface area contributed by atoms with E-state index >= 15 is 0 Å². The zero-order valence-corrected chi connectivity index (χ0v) is 15.4. The minimum atomic E-state index is -0.102. The Morgan fingerprint density at radius 3 is 1.35 bits per heavy atom. The quantitative estimate of drug-likeness (QED) is 0.581. The number of ether oxygens (including phenoxy) is 1. The molecule has 0 aliphatic heterocycles. The average Bonchev–Trinajstić information content (AvgIpc) is 2.46. The van der Waals surface area contributed by atoms with Crippen molar-refractivity contribution in [2.75, 3.05) is 13.2 Å². The first-order chi connectivity index (χ1) is 10.7. The topological polar surface area (TPSA) is 49.9 Å². The van der Waals surface area contributed by atoms with E-state index in [-0.39, 0.29) is 36.0 Å². The van der Waals surface area contributed by atoms with Crippen LogP contribution < -0.4 is 0 Å². The van der Waals surface area contributed by atoms with Gasteiger partial charge in [0.15, 0.2) is 0 Å². The third-order valence-corrected chi connectivity index (χ3v) is 3.64. The van der Waals surface area contributed by atoms with Gasteiger partial charge in [-0.15, -0.1) is 0 Å². The molecular weight excluding hydrogens is 292 g/mol. The van der Waals surface area contributed by atoms with Crippen LogP contribution in [-0.2, 0) is 14.3 Å². The van der Waals surface area contributed by atoms with Gasteiger partial charge in [-0.1, -0.05) is 13.2 Å². The summed E-state index contributed by atoms with van der Waals surface area (Å²) in [5.41, 5.74) is 0. The van der Waals surface area contributed by atoms with Gasteiger partial charge in [0.25, 0.3) is 0 Å². The van der Waals surface area contributed by atoms with Crippen molar-refractivity contribution >= 4 is 11.8 Å². The standard InChI is InChI=1S/C18H32N2O3/c1-9-17(21)19(13(3)4)15(7)11-23-12-16(8)20(14(5)6)18(22)10-2/h9-10,13-16H,1-2,11-12H2,3-8H3. The Morgan fingerprint density at radius 1 is 0.826 bits per heavy atom. The molecule has 0 aliphatic carbocycles. The van der Waals surface area contributed by atoms with Crippen LogP contribution in [0.25, 0.3) is 0 Å². The monoisotopic (exact) mass is 324 g/mol. The van der Waals surface area contributed by atoms with Crippen molar-refractivity contribution in [2.45, 2.75) is 65.7 Å². The fourth-order valence-electron chi connectivity index (χ4n) is 2.74. The van der Waals surface area contributed by atoms with E-state index in [1.54, 1.807) is 9.80 Å². The van der Waals surface area contributed by atoms with Gasteiger partial charge in [0.1, 0.15) is 0 Å². The second-order valence-electron chi connectivity index (χ2n) is 6.32. The molecule has 132 valence electrons. The molecule has 0 aliphatic rings. The highest BCUT2D eigenvalue weighted by Gasteiger charge is 2.23. The van der Waals surface area contributed by atoms with Gasteiger partial charge in [-0.05, 0) is 53.7 Å². The lowest BCUT2D eigenvalue weighted by Crippen LogP contribution is -2.47. The molecule has 0 spiro atoms. The normalized spacial score (nSPS) is 13.6. The molecule has 0 aromatic carbocycles. The van der Waals surface area contributed by atoms with E-state index in [1.807, 2.05) is 41.5 Å². The Bertz CT molecular complexity index is 380. The molecule has 2 unspecified atom stereocenters. The molecule has 0 saturated heterocycles. The van der Waals surface area contributed by atoms with Crippen molar-refractivity contribution in [3.05, 3.63) is 25.3 Å². The van der Waals surface area contributed by atoms with Gasteiger partial charge in [0.2, 0.25) is 11.8 Å². The predicted octanol–water partition coefficient (Wildman–Crippen LogP) is 2.63. The third kappa shape index (κ3) is 6.57. The summed E-state index contributed by atoms with van der Waals surface area (Å²) in [5, 5.41) is 0. The summed E-state index contributed by atoms with van der Waals surface area (Å²) in [4.78, 5) is 27.3. The molecule has 0 N–H and O–H groups in total. The van der Waals surface area contributed by atoms with Crippen molar-refractivity contribution in [1.82, 2.24) is 9.80 Å². The van der Waals surface area contributed by atoms with E-state index in [0.717, 1.165) is 0 Å². The maximum Gasteiger partial charge on any atom is 0.246 e. The number of hydrogen-bond donors (Lipinski definition) is 0. The van der Waals surface area contributed by atoms with Gasteiger partial charge >= 0.3 is 0 Å². The summed E-state index contributed by atoms with van der Waals surface area (Å²) >= 11 is 0. The van der Waals surface area contributed by atoms with E-state index in [9.17, 15) is 9.59 Å². The van der Waals surface area contributed by atoms with E-state index in [4.69, 9.17) is 4.74 Å². The highest BCUT2D eigenvalue weighted by molar-refractivity contribution is 5.87. The molecule has 0 aromatic rings. The van der Waals surface area contributed by atoms with E-state index in [0.29, 0.717) is 13.2 Å². The van der Waals surface area contributed by atoms with Crippen molar-refractivity contribution in [3.63, 3.8) is 0 Å². The molecule has 2 atom stereocenters. The summed E-state index contributed by atoms with van der Waals surface area (Å²) < 4.78 is 5.75. The van der Waals surface area contributed by atoms with E-state index in [1.165, 1.54) is 12.2 Å². The minimum Gasteiger partial charge on any atom is -0.377 e. The van der Waals surface area contributed by atoms with Crippen LogP contribution in [0.15, 0.2) is 25.3 Å². The first kappa shape index (κ1) is 21.4. The van der Waals surface area contributed by atoms with Crippen LogP contribution in [0.1, 0.15) is 41.5 Å². The lowest BCUT2D eigenvalue weighted by molar-refractivity contribution is -0.132. The van der Waals surface area contributed by atoms with Crippen LogP contribution in [0.2, 0.25) is 0 Å². The van der Waals surface area contributed by atoms with Gasteiger partial charge < -0.3 is 14.5 Å². The number of amides is 2. The summed E-state index contributed by atoms with van der Waals surface area (Å²) in [5.74, 6) is -0.204. The molecule has 0 fully saturated rings. The molecule has 5 heteroatoms. The molecule has 0 heterocycles. The van der Waals surface area contributed by atoms with Crippen LogP contribution in [0, 0.1) is 0 Å². The lowest BCUT2D eigenvalue weighted by atomic mass is 10.2. The summed E-state index contributed by atoms with van der Waals surface area (Å²) in [7, 11) is 0. The highest BCUT2D eigenvalue weighted by atomic mass is 16.5. The maximum absolute atomic E-state index is 11.9. The zero-order chi connectivity index (χ0) is 18.2. The van der Waals surface area contributed by atoms with Gasteiger partial charge in [0.05, 0.1) is 25.3 Å². The second kappa shape index (κ2) is 10.2. The molecule has 2 amide bonds. The maximum atomic E-state index is 11.9. The largest absolute Gasteiger partial charge is 0.377 e. The third-order valence-electron chi connectivity index (χ3n) is 3.64. The van der Waals surface area contributed by atoms with E-state index in [2.05, 4.69) is 13.2 Å². The molecular formula is C18H32N2O3. The molecule has 23 heavy (non-hydrogen) atoms. The molecule has 0 saturated carbocycles. The molecule has 0 bridgehead atoms. The van der Waals surface area contributed by atoms with Crippen molar-refractivity contribution in [3.8, 4) is 0 Å². The fraction of sp³-hybridized carbons (Fsp3) is 0.667. The number of carbonyl (C=O) groups excluding carboxylic acids is 2. The van der Waals surface area contributed by atoms with Crippen LogP contribution in [0.4, 0.5) is 0 Å². The fourth-order valence-corrected chi connectivity index (χ4v) is 2.74. The summed E-state index contributed by atoms with van der Waals surface area (Å²) in [6.07, 6.45) is 2.64. The van der Waals surface area contributed by atoms with E-state index < -0.39 is 0 Å². The first-order valence-electron chi connectivity index (χ1n) is 8.14. The SMILES string of the molecule is C=CC(=O)N(C(C)C)C(C)COCC(C)N(C(=O)C=C)C(C)C. The molecule has 5 nitrogen and oxygen atoms in total. The summed E-state index contributed by atoms with van der Waals surface area (Å²) in [6.45, 7) is 19.6. The van der Waals surface area contributed by atoms with Crippen LogP contribution >= 0.6 is 0 Å². The highest BCUT2D eigenvalue weighted by Crippen LogP contribution is 2.10. The Hall–Kier alpha value is -1.62. The van der Waals surface area contributed by atoms with Crippen molar-refractivity contribution < 1.29 is 14.3 Å². The number of carbonyl (C=O) groups is 2. The Kier molecular flexibility index (Phi) is 9.49. The molecule has 0 rings (SSSR count). The Morgan fingerprint density at radius 2 is 1.13 bits per heavy atom. The first-order valence-corrected chi connectivity index (χ1v) is 8.14. The Balaban J connectivity index is 4.62. The number of nitrogens with zero attached hydrogens (tertiary/aromatic N) is 2. The molecule has 0 radical (unpaired) electrons. The Labute approximate surface area is 141 Å². The number of hydrogen-bond acceptors (Lipinski definition) is 3. The minimum absolute atomic E-state index is 0.0599. The summed E-state index contributed by atoms with van der Waals surface area (Å²) in [6, 6.07) is 0.0303. The van der Waals surface area contributed by atoms with Gasteiger partial charge in [-0.3, -0.25) is 9.59 Å². The van der Waals surface area contributed by atoms with Crippen molar-refractivity contribution in [2.24, 2.45) is 0 Å². The van der Waals surface area contributed by atoms with Gasteiger partial charge in [0, 0.05) is 12.1 Å². The van der Waals surface area contributed by atoms with Gasteiger partial charge in [-0.25, -0.2) is 0 Å². The smallest absolute Gasteiger partial charge is 0.246 e. The van der Waals surface area contributed by atoms with Crippen LogP contribution in [0.5, 0.6) is 0 Å². The number of rotatable bonds is 10. The van der Waals surface area contributed by atoms with Crippen molar-refractivity contribution in [1.29, 1.82) is 0 Å².